The van der Waals surface area contributed by atoms with Crippen LogP contribution in [0.2, 0.25) is 0 Å². The lowest BCUT2D eigenvalue weighted by molar-refractivity contribution is 0.0976. The molecule has 30 heavy (non-hydrogen) atoms. The van der Waals surface area contributed by atoms with Gasteiger partial charge in [-0.25, -0.2) is 0 Å². The second-order valence-electron chi connectivity index (χ2n) is 6.60. The maximum Gasteiger partial charge on any atom is 0.257 e. The lowest BCUT2D eigenvalue weighted by Gasteiger charge is -2.18. The third-order valence-corrected chi connectivity index (χ3v) is 4.97. The largest absolute Gasteiger partial charge is 0.497 e. The fourth-order valence-electron chi connectivity index (χ4n) is 3.26. The van der Waals surface area contributed by atoms with Gasteiger partial charge in [-0.3, -0.25) is 19.7 Å². The zero-order valence-corrected chi connectivity index (χ0v) is 16.7. The van der Waals surface area contributed by atoms with Crippen LogP contribution in [0.4, 0.5) is 5.69 Å². The Morgan fingerprint density at radius 1 is 0.833 bits per heavy atom. The first-order chi connectivity index (χ1) is 14.5. The minimum absolute atomic E-state index is 0.0748. The molecule has 0 heterocycles. The molecule has 0 aromatic heterocycles. The number of nitrogens with one attached hydrogen (secondary N) is 2. The van der Waals surface area contributed by atoms with E-state index in [2.05, 4.69) is 10.6 Å². The maximum absolute atomic E-state index is 12.8. The van der Waals surface area contributed by atoms with E-state index in [0.717, 1.165) is 0 Å². The summed E-state index contributed by atoms with van der Waals surface area (Å²) in [6.45, 7) is 0. The van der Waals surface area contributed by atoms with Gasteiger partial charge >= 0.3 is 0 Å². The third-order valence-electron chi connectivity index (χ3n) is 4.76. The van der Waals surface area contributed by atoms with Crippen molar-refractivity contribution in [3.63, 3.8) is 0 Å². The molecule has 3 aromatic rings. The molecule has 0 aliphatic heterocycles. The van der Waals surface area contributed by atoms with Crippen molar-refractivity contribution in [2.45, 2.75) is 0 Å². The zero-order valence-electron chi connectivity index (χ0n) is 15.9. The van der Waals surface area contributed by atoms with Crippen LogP contribution in [0.25, 0.3) is 0 Å². The van der Waals surface area contributed by atoms with Crippen LogP contribution in [0.5, 0.6) is 5.75 Å². The predicted molar refractivity (Wildman–Crippen MR) is 116 cm³/mol. The summed E-state index contributed by atoms with van der Waals surface area (Å²) in [5, 5.41) is 5.55. The smallest absolute Gasteiger partial charge is 0.257 e. The van der Waals surface area contributed by atoms with Crippen LogP contribution < -0.4 is 15.4 Å². The predicted octanol–water partition coefficient (Wildman–Crippen LogP) is 3.60. The van der Waals surface area contributed by atoms with Gasteiger partial charge in [0.1, 0.15) is 5.75 Å². The number of thiocarbonyl (C=S) groups is 1. The highest BCUT2D eigenvalue weighted by molar-refractivity contribution is 7.80. The Hall–Kier alpha value is -3.84. The third kappa shape index (κ3) is 3.58. The van der Waals surface area contributed by atoms with Crippen LogP contribution in [0.1, 0.15) is 42.2 Å². The Bertz CT molecular complexity index is 1200. The van der Waals surface area contributed by atoms with E-state index in [1.165, 1.54) is 0 Å². The van der Waals surface area contributed by atoms with Gasteiger partial charge in [-0.15, -0.1) is 0 Å². The summed E-state index contributed by atoms with van der Waals surface area (Å²) in [7, 11) is 1.55. The molecule has 7 heteroatoms. The Balaban J connectivity index is 1.50. The number of ketones is 2. The quantitative estimate of drug-likeness (QED) is 0.497. The van der Waals surface area contributed by atoms with Crippen molar-refractivity contribution in [3.8, 4) is 5.75 Å². The Morgan fingerprint density at radius 2 is 1.43 bits per heavy atom. The molecule has 6 nitrogen and oxygen atoms in total. The molecule has 0 bridgehead atoms. The molecule has 1 amide bonds. The van der Waals surface area contributed by atoms with Gasteiger partial charge in [-0.1, -0.05) is 24.3 Å². The molecule has 2 N–H and O–H groups in total. The monoisotopic (exact) mass is 416 g/mol. The molecule has 0 atom stereocenters. The van der Waals surface area contributed by atoms with E-state index in [-0.39, 0.29) is 22.6 Å². The molecule has 0 spiro atoms. The van der Waals surface area contributed by atoms with Crippen LogP contribution in [-0.4, -0.2) is 29.7 Å². The average molecular weight is 416 g/mol. The standard InChI is InChI=1S/C23H16N2O4S/c1-29-15-9-6-13(7-10-15)22(28)25-23(30)24-14-8-11-18-19(12-14)21(27)17-5-3-2-4-16(17)20(18)26/h2-12H,1H3,(H2,24,25,28,30). The van der Waals surface area contributed by atoms with Gasteiger partial charge in [0.2, 0.25) is 0 Å². The maximum atomic E-state index is 12.8. The summed E-state index contributed by atoms with van der Waals surface area (Å²) < 4.78 is 5.07. The lowest BCUT2D eigenvalue weighted by atomic mass is 9.84. The van der Waals surface area contributed by atoms with Crippen molar-refractivity contribution in [2.75, 3.05) is 12.4 Å². The number of hydrogen-bond acceptors (Lipinski definition) is 5. The molecule has 3 aromatic carbocycles. The van der Waals surface area contributed by atoms with Crippen molar-refractivity contribution in [2.24, 2.45) is 0 Å². The van der Waals surface area contributed by atoms with E-state index >= 15 is 0 Å². The lowest BCUT2D eigenvalue weighted by Crippen LogP contribution is -2.34. The molecule has 1 aliphatic carbocycles. The molecule has 0 saturated carbocycles. The molecule has 1 aliphatic rings. The van der Waals surface area contributed by atoms with E-state index in [9.17, 15) is 14.4 Å². The number of carbonyl (C=O) groups excluding carboxylic acids is 3. The second kappa shape index (κ2) is 7.88. The summed E-state index contributed by atoms with van der Waals surface area (Å²) in [4.78, 5) is 37.8. The minimum atomic E-state index is -0.381. The van der Waals surface area contributed by atoms with E-state index in [1.807, 2.05) is 0 Å². The van der Waals surface area contributed by atoms with Crippen LogP contribution >= 0.6 is 12.2 Å². The van der Waals surface area contributed by atoms with Gasteiger partial charge in [-0.2, -0.15) is 0 Å². The number of benzene rings is 3. The average Bonchev–Trinajstić information content (AvgIpc) is 2.77. The van der Waals surface area contributed by atoms with Gasteiger partial charge in [0.05, 0.1) is 7.11 Å². The van der Waals surface area contributed by atoms with Crippen LogP contribution in [0.3, 0.4) is 0 Å². The number of hydrogen-bond donors (Lipinski definition) is 2. The van der Waals surface area contributed by atoms with Crippen molar-refractivity contribution >= 4 is 40.5 Å². The molecule has 0 saturated heterocycles. The van der Waals surface area contributed by atoms with Gasteiger partial charge < -0.3 is 10.1 Å². The Kier molecular flexibility index (Phi) is 5.12. The fourth-order valence-corrected chi connectivity index (χ4v) is 3.47. The van der Waals surface area contributed by atoms with Crippen molar-refractivity contribution in [1.29, 1.82) is 0 Å². The van der Waals surface area contributed by atoms with E-state index in [1.54, 1.807) is 73.8 Å². The Morgan fingerprint density at radius 3 is 2.07 bits per heavy atom. The number of methoxy groups -OCH3 is 1. The molecule has 0 radical (unpaired) electrons. The molecular weight excluding hydrogens is 400 g/mol. The van der Waals surface area contributed by atoms with Crippen LogP contribution in [-0.2, 0) is 0 Å². The minimum Gasteiger partial charge on any atom is -0.497 e. The first-order valence-electron chi connectivity index (χ1n) is 9.07. The van der Waals surface area contributed by atoms with Gasteiger partial charge in [0, 0.05) is 33.5 Å². The highest BCUT2D eigenvalue weighted by Crippen LogP contribution is 2.29. The zero-order chi connectivity index (χ0) is 21.3. The highest BCUT2D eigenvalue weighted by Gasteiger charge is 2.29. The summed E-state index contributed by atoms with van der Waals surface area (Å²) >= 11 is 5.21. The van der Waals surface area contributed by atoms with Gasteiger partial charge in [0.15, 0.2) is 16.7 Å². The normalized spacial score (nSPS) is 11.9. The number of amides is 1. The topological polar surface area (TPSA) is 84.5 Å². The molecule has 148 valence electrons. The van der Waals surface area contributed by atoms with E-state index < -0.39 is 0 Å². The van der Waals surface area contributed by atoms with Crippen molar-refractivity contribution in [1.82, 2.24) is 5.32 Å². The fraction of sp³-hybridized carbons (Fsp3) is 0.0435. The first-order valence-corrected chi connectivity index (χ1v) is 9.47. The van der Waals surface area contributed by atoms with Crippen molar-refractivity contribution in [3.05, 3.63) is 94.5 Å². The van der Waals surface area contributed by atoms with Crippen molar-refractivity contribution < 1.29 is 19.1 Å². The SMILES string of the molecule is COc1ccc(C(=O)NC(=S)Nc2ccc3c(c2)C(=O)c2ccccc2C3=O)cc1. The number of rotatable bonds is 3. The summed E-state index contributed by atoms with van der Waals surface area (Å²) in [5.74, 6) is -0.158. The number of carbonyl (C=O) groups is 3. The van der Waals surface area contributed by atoms with Crippen LogP contribution in [0.15, 0.2) is 66.7 Å². The summed E-state index contributed by atoms with van der Waals surface area (Å²) in [5.41, 5.74) is 2.34. The molecule has 0 fully saturated rings. The van der Waals surface area contributed by atoms with Crippen LogP contribution in [0, 0.1) is 0 Å². The summed E-state index contributed by atoms with van der Waals surface area (Å²) in [6.07, 6.45) is 0. The van der Waals surface area contributed by atoms with E-state index in [4.69, 9.17) is 17.0 Å². The number of anilines is 1. The summed E-state index contributed by atoms with van der Waals surface area (Å²) in [6, 6.07) is 18.1. The van der Waals surface area contributed by atoms with Gasteiger partial charge in [-0.05, 0) is 54.7 Å². The molecule has 0 unspecified atom stereocenters. The number of ether oxygens (including phenoxy) is 1. The second-order valence-corrected chi connectivity index (χ2v) is 7.01. The number of fused-ring (bicyclic) bond motifs is 2. The van der Waals surface area contributed by atoms with E-state index in [0.29, 0.717) is 39.3 Å². The first kappa shape index (κ1) is 19.5. The molecule has 4 rings (SSSR count). The van der Waals surface area contributed by atoms with Gasteiger partial charge in [0.25, 0.3) is 5.91 Å². The highest BCUT2D eigenvalue weighted by atomic mass is 32.1. The molecular formula is C23H16N2O4S. The Labute approximate surface area is 177 Å².